The first-order valence-corrected chi connectivity index (χ1v) is 11.9. The Morgan fingerprint density at radius 1 is 0.833 bits per heavy atom. The molecular weight excluding hydrogens is 492 g/mol. The molecule has 0 aliphatic carbocycles. The third kappa shape index (κ3) is 9.84. The molecule has 200 valence electrons. The van der Waals surface area contributed by atoms with E-state index in [-0.39, 0.29) is 5.75 Å². The molecule has 0 aromatic heterocycles. The standard InChI is InChI=1S/C23H34N4O8S/c1-12(24-20(31)16(11-36)9-15-7-5-4-6-8-15)19(30)27-18(14(3)29)22(33)26-17(10-28)21(32)25-13(2)23(34)35/h4-8,12-14,16-18,28-29,36H,9-11H2,1-3H3,(H,24,31)(H,25,32)(H,26,33)(H,27,30)(H,34,35)/t12-,13-,14+,16-,17-,18-/m0/s1. The fraction of sp³-hybridized carbons (Fsp3) is 0.522. The van der Waals surface area contributed by atoms with E-state index in [2.05, 4.69) is 33.9 Å². The van der Waals surface area contributed by atoms with Crippen LogP contribution in [0.3, 0.4) is 0 Å². The summed E-state index contributed by atoms with van der Waals surface area (Å²) in [4.78, 5) is 61.0. The van der Waals surface area contributed by atoms with Gasteiger partial charge >= 0.3 is 5.97 Å². The second-order valence-corrected chi connectivity index (χ2v) is 8.70. The first-order valence-electron chi connectivity index (χ1n) is 11.3. The average molecular weight is 527 g/mol. The predicted octanol–water partition coefficient (Wildman–Crippen LogP) is -1.79. The molecule has 0 radical (unpaired) electrons. The monoisotopic (exact) mass is 526 g/mol. The quantitative estimate of drug-likeness (QED) is 0.130. The van der Waals surface area contributed by atoms with Crippen molar-refractivity contribution in [3.8, 4) is 0 Å². The van der Waals surface area contributed by atoms with E-state index in [1.807, 2.05) is 30.3 Å². The van der Waals surface area contributed by atoms with Crippen LogP contribution in [-0.2, 0) is 30.4 Å². The SMILES string of the molecule is C[C@H](NC(=O)[C@H](CO)NC(=O)[C@@H](NC(=O)[C@H](C)NC(=O)[C@H](CS)Cc1ccccc1)[C@@H](C)O)C(=O)O. The van der Waals surface area contributed by atoms with Crippen LogP contribution < -0.4 is 21.3 Å². The van der Waals surface area contributed by atoms with Crippen LogP contribution >= 0.6 is 12.6 Å². The molecule has 7 N–H and O–H groups in total. The number of rotatable bonds is 14. The maximum absolute atomic E-state index is 12.7. The Balaban J connectivity index is 2.77. The molecule has 12 nitrogen and oxygen atoms in total. The van der Waals surface area contributed by atoms with E-state index in [1.165, 1.54) is 20.8 Å². The molecule has 0 bridgehead atoms. The van der Waals surface area contributed by atoms with Crippen molar-refractivity contribution in [3.63, 3.8) is 0 Å². The fourth-order valence-electron chi connectivity index (χ4n) is 3.05. The van der Waals surface area contributed by atoms with Crippen molar-refractivity contribution in [1.29, 1.82) is 0 Å². The number of carboxylic acids is 1. The van der Waals surface area contributed by atoms with E-state index < -0.39 is 72.4 Å². The first-order chi connectivity index (χ1) is 16.9. The number of benzene rings is 1. The zero-order valence-electron chi connectivity index (χ0n) is 20.3. The summed E-state index contributed by atoms with van der Waals surface area (Å²) in [5, 5.41) is 37.5. The van der Waals surface area contributed by atoms with Gasteiger partial charge in [-0.1, -0.05) is 30.3 Å². The van der Waals surface area contributed by atoms with Crippen LogP contribution in [0, 0.1) is 5.92 Å². The highest BCUT2D eigenvalue weighted by Gasteiger charge is 2.32. The highest BCUT2D eigenvalue weighted by Crippen LogP contribution is 2.11. The smallest absolute Gasteiger partial charge is 0.325 e. The predicted molar refractivity (Wildman–Crippen MR) is 133 cm³/mol. The molecule has 1 aromatic carbocycles. The highest BCUT2D eigenvalue weighted by molar-refractivity contribution is 7.80. The third-order valence-corrected chi connectivity index (χ3v) is 5.72. The number of carbonyl (C=O) groups excluding carboxylic acids is 4. The van der Waals surface area contributed by atoms with Crippen molar-refractivity contribution in [3.05, 3.63) is 35.9 Å². The average Bonchev–Trinajstić information content (AvgIpc) is 2.83. The van der Waals surface area contributed by atoms with Crippen molar-refractivity contribution >= 4 is 42.2 Å². The van der Waals surface area contributed by atoms with Gasteiger partial charge in [-0.25, -0.2) is 0 Å². The molecule has 4 amide bonds. The molecule has 36 heavy (non-hydrogen) atoms. The molecule has 0 unspecified atom stereocenters. The van der Waals surface area contributed by atoms with Crippen molar-refractivity contribution in [2.24, 2.45) is 5.92 Å². The number of hydrogen-bond acceptors (Lipinski definition) is 8. The summed E-state index contributed by atoms with van der Waals surface area (Å²) in [6.07, 6.45) is -0.991. The van der Waals surface area contributed by atoms with Gasteiger partial charge in [-0.15, -0.1) is 0 Å². The van der Waals surface area contributed by atoms with Crippen LogP contribution in [0.1, 0.15) is 26.3 Å². The maximum atomic E-state index is 12.7. The van der Waals surface area contributed by atoms with E-state index in [9.17, 15) is 34.2 Å². The van der Waals surface area contributed by atoms with Gasteiger partial charge in [0.05, 0.1) is 18.6 Å². The van der Waals surface area contributed by atoms with Crippen molar-refractivity contribution < 1.29 is 39.3 Å². The summed E-state index contributed by atoms with van der Waals surface area (Å²) in [5.74, 6) is -4.75. The van der Waals surface area contributed by atoms with Crippen LogP contribution in [-0.4, -0.2) is 87.5 Å². The lowest BCUT2D eigenvalue weighted by Crippen LogP contribution is -2.60. The lowest BCUT2D eigenvalue weighted by molar-refractivity contribution is -0.142. The maximum Gasteiger partial charge on any atom is 0.325 e. The third-order valence-electron chi connectivity index (χ3n) is 5.28. The topological polar surface area (TPSA) is 194 Å². The van der Waals surface area contributed by atoms with Crippen LogP contribution in [0.15, 0.2) is 30.3 Å². The minimum atomic E-state index is -1.53. The minimum Gasteiger partial charge on any atom is -0.480 e. The normalized spacial score (nSPS) is 15.8. The van der Waals surface area contributed by atoms with E-state index in [1.54, 1.807) is 0 Å². The van der Waals surface area contributed by atoms with Gasteiger partial charge in [-0.05, 0) is 32.8 Å². The largest absolute Gasteiger partial charge is 0.480 e. The van der Waals surface area contributed by atoms with E-state index in [4.69, 9.17) is 5.11 Å². The van der Waals surface area contributed by atoms with E-state index in [0.29, 0.717) is 6.42 Å². The molecule has 6 atom stereocenters. The summed E-state index contributed by atoms with van der Waals surface area (Å²) in [6.45, 7) is 2.97. The Bertz CT molecular complexity index is 915. The Labute approximate surface area is 214 Å². The van der Waals surface area contributed by atoms with Crippen molar-refractivity contribution in [2.75, 3.05) is 12.4 Å². The number of aliphatic hydroxyl groups is 2. The van der Waals surface area contributed by atoms with Gasteiger partial charge < -0.3 is 36.6 Å². The zero-order chi connectivity index (χ0) is 27.4. The molecule has 0 fully saturated rings. The van der Waals surface area contributed by atoms with E-state index >= 15 is 0 Å². The van der Waals surface area contributed by atoms with Crippen LogP contribution in [0.25, 0.3) is 0 Å². The summed E-state index contributed by atoms with van der Waals surface area (Å²) >= 11 is 4.22. The first kappa shape index (κ1) is 30.9. The number of hydrogen-bond donors (Lipinski definition) is 8. The number of carbonyl (C=O) groups is 5. The van der Waals surface area contributed by atoms with Crippen molar-refractivity contribution in [1.82, 2.24) is 21.3 Å². The second kappa shape index (κ2) is 15.1. The Morgan fingerprint density at radius 2 is 1.42 bits per heavy atom. The fourth-order valence-corrected chi connectivity index (χ4v) is 3.35. The molecule has 0 aliphatic heterocycles. The molecule has 0 saturated heterocycles. The summed E-state index contributed by atoms with van der Waals surface area (Å²) in [5.41, 5.74) is 0.926. The number of thiol groups is 1. The molecule has 13 heteroatoms. The molecule has 0 heterocycles. The molecule has 0 aliphatic rings. The van der Waals surface area contributed by atoms with Crippen molar-refractivity contribution in [2.45, 2.75) is 57.5 Å². The minimum absolute atomic E-state index is 0.235. The second-order valence-electron chi connectivity index (χ2n) is 8.34. The van der Waals surface area contributed by atoms with Gasteiger partial charge in [0.25, 0.3) is 0 Å². The lowest BCUT2D eigenvalue weighted by atomic mass is 10.00. The number of aliphatic hydroxyl groups excluding tert-OH is 2. The zero-order valence-corrected chi connectivity index (χ0v) is 21.2. The number of carboxylic acid groups (broad SMARTS) is 1. The number of aliphatic carboxylic acids is 1. The molecule has 0 saturated carbocycles. The Hall–Kier alpha value is -3.16. The van der Waals surface area contributed by atoms with Gasteiger partial charge in [0, 0.05) is 5.75 Å². The molecule has 0 spiro atoms. The highest BCUT2D eigenvalue weighted by atomic mass is 32.1. The summed E-state index contributed by atoms with van der Waals surface area (Å²) < 4.78 is 0. The number of nitrogens with one attached hydrogen (secondary N) is 4. The van der Waals surface area contributed by atoms with Gasteiger partial charge in [0.2, 0.25) is 23.6 Å². The lowest BCUT2D eigenvalue weighted by Gasteiger charge is -2.26. The van der Waals surface area contributed by atoms with Gasteiger partial charge in [0.15, 0.2) is 0 Å². The molecule has 1 aromatic rings. The summed E-state index contributed by atoms with van der Waals surface area (Å²) in [6, 6.07) is 3.88. The Kier molecular flexibility index (Phi) is 12.9. The van der Waals surface area contributed by atoms with Gasteiger partial charge in [-0.2, -0.15) is 12.6 Å². The van der Waals surface area contributed by atoms with Crippen LogP contribution in [0.2, 0.25) is 0 Å². The number of amides is 4. The van der Waals surface area contributed by atoms with Crippen LogP contribution in [0.4, 0.5) is 0 Å². The summed E-state index contributed by atoms with van der Waals surface area (Å²) in [7, 11) is 0. The molecule has 1 rings (SSSR count). The van der Waals surface area contributed by atoms with Gasteiger partial charge in [-0.3, -0.25) is 24.0 Å². The molecular formula is C23H34N4O8S. The van der Waals surface area contributed by atoms with Gasteiger partial charge in [0.1, 0.15) is 24.2 Å². The Morgan fingerprint density at radius 3 is 1.92 bits per heavy atom. The van der Waals surface area contributed by atoms with Crippen LogP contribution in [0.5, 0.6) is 0 Å². The van der Waals surface area contributed by atoms with E-state index in [0.717, 1.165) is 5.56 Å².